The van der Waals surface area contributed by atoms with Crippen molar-refractivity contribution in [1.29, 1.82) is 5.26 Å². The Balaban J connectivity index is 1.90. The fourth-order valence-electron chi connectivity index (χ4n) is 2.96. The maximum Gasteiger partial charge on any atom is 0.412 e. The first-order valence-corrected chi connectivity index (χ1v) is 7.66. The van der Waals surface area contributed by atoms with Gasteiger partial charge in [-0.15, -0.1) is 0 Å². The Morgan fingerprint density at radius 1 is 1.09 bits per heavy atom. The van der Waals surface area contributed by atoms with Gasteiger partial charge in [-0.05, 0) is 43.5 Å². The molecule has 3 rings (SSSR count). The van der Waals surface area contributed by atoms with Crippen molar-refractivity contribution < 1.29 is 13.2 Å². The molecule has 0 bridgehead atoms. The summed E-state index contributed by atoms with van der Waals surface area (Å²) >= 11 is 0. The van der Waals surface area contributed by atoms with Crippen molar-refractivity contribution >= 4 is 11.6 Å². The van der Waals surface area contributed by atoms with Crippen LogP contribution in [-0.4, -0.2) is 42.7 Å². The van der Waals surface area contributed by atoms with E-state index in [1.54, 1.807) is 29.2 Å². The van der Waals surface area contributed by atoms with Gasteiger partial charge in [-0.1, -0.05) is 0 Å². The summed E-state index contributed by atoms with van der Waals surface area (Å²) in [6, 6.07) is 6.90. The predicted octanol–water partition coefficient (Wildman–Crippen LogP) is 3.15. The highest BCUT2D eigenvalue weighted by molar-refractivity contribution is 5.98. The Hall–Kier alpha value is -2.23. The van der Waals surface area contributed by atoms with Crippen molar-refractivity contribution in [1.82, 2.24) is 4.90 Å². The van der Waals surface area contributed by atoms with E-state index in [1.807, 2.05) is 11.0 Å². The van der Waals surface area contributed by atoms with Crippen LogP contribution < -0.4 is 4.90 Å². The van der Waals surface area contributed by atoms with Gasteiger partial charge in [0.2, 0.25) is 5.96 Å². The smallest absolute Gasteiger partial charge is 0.343 e. The fourth-order valence-corrected chi connectivity index (χ4v) is 2.96. The maximum atomic E-state index is 13.1. The SMILES string of the molecule is N#Cc1ccc(N2CC(C(F)(F)F)N=C2N2CCCCC2)cc1. The summed E-state index contributed by atoms with van der Waals surface area (Å²) in [4.78, 5) is 7.52. The number of anilines is 1. The molecule has 1 saturated heterocycles. The summed E-state index contributed by atoms with van der Waals surface area (Å²) in [5.41, 5.74) is 1.12. The second kappa shape index (κ2) is 6.11. The molecule has 4 nitrogen and oxygen atoms in total. The van der Waals surface area contributed by atoms with Crippen molar-refractivity contribution in [3.63, 3.8) is 0 Å². The molecule has 0 radical (unpaired) electrons. The number of aliphatic imine (C=N–C) groups is 1. The molecule has 1 aromatic rings. The lowest BCUT2D eigenvalue weighted by atomic mass is 10.1. The van der Waals surface area contributed by atoms with Crippen molar-refractivity contribution in [2.45, 2.75) is 31.5 Å². The van der Waals surface area contributed by atoms with Gasteiger partial charge >= 0.3 is 6.18 Å². The number of halogens is 3. The standard InChI is InChI=1S/C16H17F3N4/c17-16(18,19)14-11-23(13-6-4-12(10-20)5-7-13)15(21-14)22-8-2-1-3-9-22/h4-7,14H,1-3,8-9,11H2. The van der Waals surface area contributed by atoms with Crippen LogP contribution in [-0.2, 0) is 0 Å². The average molecular weight is 322 g/mol. The van der Waals surface area contributed by atoms with Gasteiger partial charge < -0.3 is 9.80 Å². The van der Waals surface area contributed by atoms with Crippen LogP contribution in [0.3, 0.4) is 0 Å². The lowest BCUT2D eigenvalue weighted by molar-refractivity contribution is -0.143. The lowest BCUT2D eigenvalue weighted by Gasteiger charge is -2.33. The molecule has 1 unspecified atom stereocenters. The largest absolute Gasteiger partial charge is 0.412 e. The number of nitrogens with zero attached hydrogens (tertiary/aromatic N) is 4. The zero-order valence-electron chi connectivity index (χ0n) is 12.6. The third kappa shape index (κ3) is 3.26. The lowest BCUT2D eigenvalue weighted by Crippen LogP contribution is -2.45. The van der Waals surface area contributed by atoms with Gasteiger partial charge in [0.1, 0.15) is 0 Å². The van der Waals surface area contributed by atoms with Crippen molar-refractivity contribution in [2.75, 3.05) is 24.5 Å². The molecule has 1 atom stereocenters. The fraction of sp³-hybridized carbons (Fsp3) is 0.500. The van der Waals surface area contributed by atoms with E-state index in [0.29, 0.717) is 17.2 Å². The third-order valence-corrected chi connectivity index (χ3v) is 4.19. The minimum absolute atomic E-state index is 0.207. The van der Waals surface area contributed by atoms with E-state index in [2.05, 4.69) is 4.99 Å². The molecule has 1 fully saturated rings. The van der Waals surface area contributed by atoms with E-state index in [-0.39, 0.29) is 6.54 Å². The van der Waals surface area contributed by atoms with Crippen LogP contribution in [0.2, 0.25) is 0 Å². The number of guanidine groups is 1. The molecular weight excluding hydrogens is 305 g/mol. The van der Waals surface area contributed by atoms with Gasteiger partial charge in [0.25, 0.3) is 0 Å². The van der Waals surface area contributed by atoms with Crippen molar-refractivity contribution in [2.24, 2.45) is 4.99 Å². The van der Waals surface area contributed by atoms with E-state index >= 15 is 0 Å². The Bertz CT molecular complexity index is 624. The molecule has 0 saturated carbocycles. The number of likely N-dealkylation sites (tertiary alicyclic amines) is 1. The number of piperidine rings is 1. The van der Waals surface area contributed by atoms with Gasteiger partial charge in [0.05, 0.1) is 18.2 Å². The molecule has 122 valence electrons. The Morgan fingerprint density at radius 3 is 2.30 bits per heavy atom. The number of benzene rings is 1. The summed E-state index contributed by atoms with van der Waals surface area (Å²) in [6.07, 6.45) is -1.31. The zero-order chi connectivity index (χ0) is 16.4. The van der Waals surface area contributed by atoms with Gasteiger partial charge in [0, 0.05) is 18.8 Å². The highest BCUT2D eigenvalue weighted by Crippen LogP contribution is 2.31. The number of nitriles is 1. The summed E-state index contributed by atoms with van der Waals surface area (Å²) in [7, 11) is 0. The number of rotatable bonds is 1. The normalized spacial score (nSPS) is 22.0. The molecule has 2 aliphatic heterocycles. The Kier molecular flexibility index (Phi) is 4.16. The first-order chi connectivity index (χ1) is 11.0. The topological polar surface area (TPSA) is 42.6 Å². The monoisotopic (exact) mass is 322 g/mol. The summed E-state index contributed by atoms with van der Waals surface area (Å²) in [5, 5.41) is 8.85. The van der Waals surface area contributed by atoms with Crippen LogP contribution in [0, 0.1) is 11.3 Å². The second-order valence-corrected chi connectivity index (χ2v) is 5.80. The molecule has 0 spiro atoms. The van der Waals surface area contributed by atoms with Crippen molar-refractivity contribution in [3.05, 3.63) is 29.8 Å². The van der Waals surface area contributed by atoms with Crippen LogP contribution in [0.1, 0.15) is 24.8 Å². The average Bonchev–Trinajstić information content (AvgIpc) is 3.01. The minimum Gasteiger partial charge on any atom is -0.343 e. The summed E-state index contributed by atoms with van der Waals surface area (Å²) < 4.78 is 39.3. The molecule has 7 heteroatoms. The van der Waals surface area contributed by atoms with E-state index < -0.39 is 12.2 Å². The predicted molar refractivity (Wildman–Crippen MR) is 81.2 cm³/mol. The molecule has 1 aromatic carbocycles. The van der Waals surface area contributed by atoms with E-state index in [4.69, 9.17) is 5.26 Å². The van der Waals surface area contributed by atoms with E-state index in [9.17, 15) is 13.2 Å². The molecule has 2 heterocycles. The van der Waals surface area contributed by atoms with Gasteiger partial charge in [-0.25, -0.2) is 4.99 Å². The Labute approximate surface area is 132 Å². The van der Waals surface area contributed by atoms with Crippen LogP contribution >= 0.6 is 0 Å². The van der Waals surface area contributed by atoms with Gasteiger partial charge in [-0.2, -0.15) is 18.4 Å². The minimum atomic E-state index is -4.34. The van der Waals surface area contributed by atoms with Crippen molar-refractivity contribution in [3.8, 4) is 6.07 Å². The van der Waals surface area contributed by atoms with Crippen LogP contribution in [0.15, 0.2) is 29.3 Å². The third-order valence-electron chi connectivity index (χ3n) is 4.19. The summed E-state index contributed by atoms with van der Waals surface area (Å²) in [5.74, 6) is 0.400. The van der Waals surface area contributed by atoms with Crippen LogP contribution in [0.5, 0.6) is 0 Å². The molecule has 0 N–H and O–H groups in total. The molecule has 0 amide bonds. The highest BCUT2D eigenvalue weighted by atomic mass is 19.4. The molecule has 0 aliphatic carbocycles. The van der Waals surface area contributed by atoms with Gasteiger partial charge in [0.15, 0.2) is 6.04 Å². The highest BCUT2D eigenvalue weighted by Gasteiger charge is 2.46. The summed E-state index contributed by atoms with van der Waals surface area (Å²) in [6.45, 7) is 1.26. The van der Waals surface area contributed by atoms with E-state index in [0.717, 1.165) is 32.4 Å². The molecule has 0 aromatic heterocycles. The second-order valence-electron chi connectivity index (χ2n) is 5.80. The van der Waals surface area contributed by atoms with Crippen LogP contribution in [0.4, 0.5) is 18.9 Å². The molecule has 2 aliphatic rings. The first-order valence-electron chi connectivity index (χ1n) is 7.66. The first kappa shape index (κ1) is 15.7. The zero-order valence-corrected chi connectivity index (χ0v) is 12.6. The van der Waals surface area contributed by atoms with Gasteiger partial charge in [-0.3, -0.25) is 0 Å². The number of alkyl halides is 3. The number of hydrogen-bond donors (Lipinski definition) is 0. The maximum absolute atomic E-state index is 13.1. The quantitative estimate of drug-likeness (QED) is 0.798. The Morgan fingerprint density at radius 2 is 1.74 bits per heavy atom. The van der Waals surface area contributed by atoms with E-state index in [1.165, 1.54) is 0 Å². The molecular formula is C16H17F3N4. The van der Waals surface area contributed by atoms with Crippen LogP contribution in [0.25, 0.3) is 0 Å². The molecule has 23 heavy (non-hydrogen) atoms. The number of hydrogen-bond acceptors (Lipinski definition) is 4.